The van der Waals surface area contributed by atoms with Crippen molar-refractivity contribution in [2.24, 2.45) is 0 Å². The van der Waals surface area contributed by atoms with Crippen molar-refractivity contribution in [2.75, 3.05) is 13.1 Å². The summed E-state index contributed by atoms with van der Waals surface area (Å²) in [5, 5.41) is 2.26. The fourth-order valence-electron chi connectivity index (χ4n) is 5.18. The van der Waals surface area contributed by atoms with Crippen LogP contribution in [0, 0.1) is 5.82 Å². The molecule has 2 fully saturated rings. The summed E-state index contributed by atoms with van der Waals surface area (Å²) >= 11 is 0. The average Bonchev–Trinajstić information content (AvgIpc) is 3.17. The van der Waals surface area contributed by atoms with E-state index in [0.717, 1.165) is 5.56 Å². The molecule has 1 N–H and O–H groups in total. The van der Waals surface area contributed by atoms with Gasteiger partial charge in [0, 0.05) is 42.7 Å². The minimum atomic E-state index is -2.54. The Kier molecular flexibility index (Phi) is 6.09. The first kappa shape index (κ1) is 21.9. The smallest absolute Gasteiger partial charge is 0.255 e. The molecule has 190 valence electrons. The van der Waals surface area contributed by atoms with Crippen molar-refractivity contribution in [3.05, 3.63) is 64.5 Å². The standard InChI is InChI=1S/C27H30FN3O5/c1-16-11-30(12-17(2)36-16)13-18-6-7-22(28)19(10-18)15-35-24-5-3-4-20-21(24)14-31(27(20)34)23-8-9-25(32)29-26(23)33/h3-7,10,16-17,23H,8-9,11-15H2,1-2H3,(H,29,32,33)/i15D2. The van der Waals surface area contributed by atoms with Gasteiger partial charge < -0.3 is 14.4 Å². The molecule has 0 bridgehead atoms. The molecule has 2 saturated heterocycles. The Balaban J connectivity index is 1.37. The molecule has 0 spiro atoms. The third-order valence-electron chi connectivity index (χ3n) is 6.74. The largest absolute Gasteiger partial charge is 0.488 e. The second-order valence-corrected chi connectivity index (χ2v) is 9.65. The number of hydrogen-bond donors (Lipinski definition) is 1. The minimum Gasteiger partial charge on any atom is -0.488 e. The molecule has 36 heavy (non-hydrogen) atoms. The first-order valence-electron chi connectivity index (χ1n) is 13.1. The zero-order valence-corrected chi connectivity index (χ0v) is 20.3. The van der Waals surface area contributed by atoms with E-state index in [0.29, 0.717) is 25.2 Å². The van der Waals surface area contributed by atoms with Gasteiger partial charge in [0.25, 0.3) is 5.91 Å². The van der Waals surface area contributed by atoms with Crippen molar-refractivity contribution in [1.29, 1.82) is 0 Å². The molecule has 3 unspecified atom stereocenters. The van der Waals surface area contributed by atoms with Crippen LogP contribution in [-0.2, 0) is 34.0 Å². The van der Waals surface area contributed by atoms with Crippen LogP contribution < -0.4 is 10.1 Å². The summed E-state index contributed by atoms with van der Waals surface area (Å²) in [5.41, 5.74) is 1.20. The topological polar surface area (TPSA) is 88.2 Å². The van der Waals surface area contributed by atoms with E-state index in [4.69, 9.17) is 12.2 Å². The van der Waals surface area contributed by atoms with Crippen LogP contribution in [0.4, 0.5) is 4.39 Å². The van der Waals surface area contributed by atoms with Crippen LogP contribution in [0.15, 0.2) is 36.4 Å². The monoisotopic (exact) mass is 497 g/mol. The lowest BCUT2D eigenvalue weighted by Crippen LogP contribution is -2.52. The van der Waals surface area contributed by atoms with Crippen molar-refractivity contribution < 1.29 is 31.0 Å². The maximum atomic E-state index is 14.9. The van der Waals surface area contributed by atoms with Gasteiger partial charge >= 0.3 is 0 Å². The highest BCUT2D eigenvalue weighted by molar-refractivity contribution is 6.05. The maximum absolute atomic E-state index is 14.9. The maximum Gasteiger partial charge on any atom is 0.255 e. The van der Waals surface area contributed by atoms with Gasteiger partial charge in [-0.05, 0) is 50.1 Å². The van der Waals surface area contributed by atoms with Gasteiger partial charge in [-0.15, -0.1) is 0 Å². The van der Waals surface area contributed by atoms with Crippen LogP contribution >= 0.6 is 0 Å². The van der Waals surface area contributed by atoms with Crippen LogP contribution in [0.2, 0.25) is 0 Å². The van der Waals surface area contributed by atoms with Gasteiger partial charge in [-0.25, -0.2) is 4.39 Å². The Bertz CT molecular complexity index is 1280. The molecule has 0 saturated carbocycles. The molecule has 3 aliphatic rings. The number of carbonyl (C=O) groups is 3. The normalized spacial score (nSPS) is 25.8. The predicted octanol–water partition coefficient (Wildman–Crippen LogP) is 2.77. The van der Waals surface area contributed by atoms with Crippen LogP contribution in [-0.4, -0.2) is 58.9 Å². The molecule has 0 radical (unpaired) electrons. The highest BCUT2D eigenvalue weighted by Gasteiger charge is 2.40. The Hall–Kier alpha value is -3.30. The number of nitrogens with zero attached hydrogens (tertiary/aromatic N) is 2. The molecule has 2 aromatic rings. The van der Waals surface area contributed by atoms with Crippen molar-refractivity contribution in [1.82, 2.24) is 15.1 Å². The fourth-order valence-corrected chi connectivity index (χ4v) is 5.18. The number of imide groups is 1. The number of nitrogens with one attached hydrogen (secondary N) is 1. The number of benzene rings is 2. The van der Waals surface area contributed by atoms with E-state index in [1.807, 2.05) is 13.8 Å². The van der Waals surface area contributed by atoms with E-state index in [9.17, 15) is 18.8 Å². The van der Waals surface area contributed by atoms with Crippen molar-refractivity contribution in [2.45, 2.75) is 64.6 Å². The highest BCUT2D eigenvalue weighted by atomic mass is 19.1. The number of rotatable bonds is 6. The van der Waals surface area contributed by atoms with Gasteiger partial charge in [-0.3, -0.25) is 24.6 Å². The summed E-state index contributed by atoms with van der Waals surface area (Å²) in [6, 6.07) is 8.21. The number of hydrogen-bond acceptors (Lipinski definition) is 6. The molecule has 3 amide bonds. The Labute approximate surface area is 212 Å². The molecule has 9 heteroatoms. The zero-order valence-electron chi connectivity index (χ0n) is 22.3. The van der Waals surface area contributed by atoms with Crippen molar-refractivity contribution >= 4 is 17.7 Å². The fraction of sp³-hybridized carbons (Fsp3) is 0.444. The van der Waals surface area contributed by atoms with E-state index >= 15 is 0 Å². The molecule has 2 aromatic carbocycles. The summed E-state index contributed by atoms with van der Waals surface area (Å²) in [6.45, 7) is 3.42. The van der Waals surface area contributed by atoms with E-state index in [2.05, 4.69) is 10.2 Å². The number of fused-ring (bicyclic) bond motifs is 1. The number of amides is 3. The molecule has 8 nitrogen and oxygen atoms in total. The van der Waals surface area contributed by atoms with E-state index < -0.39 is 30.2 Å². The Morgan fingerprint density at radius 2 is 1.94 bits per heavy atom. The molecular weight excluding hydrogens is 465 g/mol. The van der Waals surface area contributed by atoms with E-state index in [1.165, 1.54) is 23.1 Å². The third-order valence-corrected chi connectivity index (χ3v) is 6.74. The molecule has 3 aliphatic heterocycles. The quantitative estimate of drug-likeness (QED) is 0.618. The number of carbonyl (C=O) groups excluding carboxylic acids is 3. The number of halogens is 1. The molecule has 0 aromatic heterocycles. The van der Waals surface area contributed by atoms with Crippen LogP contribution in [0.5, 0.6) is 5.75 Å². The first-order chi connectivity index (χ1) is 18.0. The lowest BCUT2D eigenvalue weighted by atomic mass is 10.0. The third kappa shape index (κ3) is 4.99. The lowest BCUT2D eigenvalue weighted by Gasteiger charge is -2.35. The van der Waals surface area contributed by atoms with Crippen LogP contribution in [0.1, 0.15) is 56.5 Å². The lowest BCUT2D eigenvalue weighted by molar-refractivity contribution is -0.136. The summed E-state index contributed by atoms with van der Waals surface area (Å²) in [4.78, 5) is 40.5. The number of ether oxygens (including phenoxy) is 2. The minimum absolute atomic E-state index is 0.0165. The second-order valence-electron chi connectivity index (χ2n) is 9.65. The average molecular weight is 498 g/mol. The van der Waals surface area contributed by atoms with Crippen molar-refractivity contribution in [3.8, 4) is 5.75 Å². The first-order valence-corrected chi connectivity index (χ1v) is 12.1. The van der Waals surface area contributed by atoms with Gasteiger partial charge in [0.05, 0.1) is 21.5 Å². The summed E-state index contributed by atoms with van der Waals surface area (Å²) < 4.78 is 43.6. The molecule has 3 atom stereocenters. The van der Waals surface area contributed by atoms with Gasteiger partial charge in [0.1, 0.15) is 24.2 Å². The van der Waals surface area contributed by atoms with E-state index in [-0.39, 0.29) is 54.4 Å². The summed E-state index contributed by atoms with van der Waals surface area (Å²) in [7, 11) is 0. The predicted molar refractivity (Wildman–Crippen MR) is 129 cm³/mol. The van der Waals surface area contributed by atoms with Crippen molar-refractivity contribution in [3.63, 3.8) is 0 Å². The van der Waals surface area contributed by atoms with Gasteiger partial charge in [-0.1, -0.05) is 12.1 Å². The van der Waals surface area contributed by atoms with Crippen LogP contribution in [0.25, 0.3) is 0 Å². The SMILES string of the molecule is [2H]C([2H])(Oc1cccc2c1CN(C1CCC(=O)NC1=O)C2=O)c1cc(CN2CC(C)OC(C)C2)ccc1F. The highest BCUT2D eigenvalue weighted by Crippen LogP contribution is 2.34. The van der Waals surface area contributed by atoms with Gasteiger partial charge in [0.2, 0.25) is 11.8 Å². The Morgan fingerprint density at radius 1 is 1.17 bits per heavy atom. The Morgan fingerprint density at radius 3 is 2.69 bits per heavy atom. The molecule has 5 rings (SSSR count). The molecular formula is C27H30FN3O5. The van der Waals surface area contributed by atoms with Gasteiger partial charge in [0.15, 0.2) is 0 Å². The van der Waals surface area contributed by atoms with E-state index in [1.54, 1.807) is 18.2 Å². The molecule has 3 heterocycles. The summed E-state index contributed by atoms with van der Waals surface area (Å²) in [5.74, 6) is -1.96. The number of piperidine rings is 1. The summed E-state index contributed by atoms with van der Waals surface area (Å²) in [6.07, 6.45) is 0.465. The second kappa shape index (κ2) is 9.99. The molecule has 0 aliphatic carbocycles. The zero-order chi connectivity index (χ0) is 27.2. The number of morpholine rings is 1. The van der Waals surface area contributed by atoms with Gasteiger partial charge in [-0.2, -0.15) is 0 Å². The van der Waals surface area contributed by atoms with Crippen LogP contribution in [0.3, 0.4) is 0 Å².